The van der Waals surface area contributed by atoms with E-state index in [4.69, 9.17) is 0 Å². The van der Waals surface area contributed by atoms with E-state index in [0.717, 1.165) is 6.42 Å². The van der Waals surface area contributed by atoms with Gasteiger partial charge in [0.1, 0.15) is 0 Å². The van der Waals surface area contributed by atoms with Crippen LogP contribution in [-0.4, -0.2) is 44.6 Å². The van der Waals surface area contributed by atoms with Crippen molar-refractivity contribution in [3.05, 3.63) is 36.5 Å². The van der Waals surface area contributed by atoms with Crippen LogP contribution < -0.4 is 0 Å². The molecule has 0 fully saturated rings. The monoisotopic (exact) mass is 205 g/mol. The summed E-state index contributed by atoms with van der Waals surface area (Å²) in [7, 11) is -0.973. The Balaban J connectivity index is 0.00000196. The van der Waals surface area contributed by atoms with Crippen molar-refractivity contribution in [2.45, 2.75) is 36.2 Å². The van der Waals surface area contributed by atoms with Crippen LogP contribution in [0.3, 0.4) is 0 Å². The van der Waals surface area contributed by atoms with Crippen molar-refractivity contribution in [3.63, 3.8) is 0 Å². The summed E-state index contributed by atoms with van der Waals surface area (Å²) in [5, 5.41) is 0. The normalized spacial score (nSPS) is 17.7. The molecule has 73 valence electrons. The summed E-state index contributed by atoms with van der Waals surface area (Å²) < 4.78 is 0.247. The van der Waals surface area contributed by atoms with E-state index in [1.165, 1.54) is 11.6 Å². The number of rotatable bonds is 4. The Morgan fingerprint density at radius 3 is 2.13 bits per heavy atom. The van der Waals surface area contributed by atoms with Crippen molar-refractivity contribution in [3.8, 4) is 0 Å². The van der Waals surface area contributed by atoms with Gasteiger partial charge in [0.2, 0.25) is 0 Å². The molecule has 0 amide bonds. The molecule has 3 heteroatoms. The molecule has 1 radical (unpaired) electrons. The Hall–Kier alpha value is 0.632. The minimum atomic E-state index is -0.973. The first-order valence-corrected chi connectivity index (χ1v) is 9.05. The molecule has 0 spiro atoms. The van der Waals surface area contributed by atoms with E-state index >= 15 is 0 Å². The zero-order valence-electron chi connectivity index (χ0n) is 10.9. The van der Waals surface area contributed by atoms with Crippen molar-refractivity contribution in [2.75, 3.05) is 0 Å². The number of hydrogen-bond acceptors (Lipinski definition) is 0. The molecule has 0 bridgehead atoms. The van der Waals surface area contributed by atoms with Crippen molar-refractivity contribution < 1.29 is 0 Å². The molecule has 0 nitrogen and oxygen atoms in total. The molecule has 1 rings (SSSR count). The molecule has 15 heavy (non-hydrogen) atoms. The molecule has 0 saturated carbocycles. The molecule has 1 aliphatic rings. The molecule has 0 unspecified atom stereocenters. The third-order valence-electron chi connectivity index (χ3n) is 2.48. The van der Waals surface area contributed by atoms with Crippen molar-refractivity contribution in [1.29, 1.82) is 0 Å². The van der Waals surface area contributed by atoms with E-state index < -0.39 is 8.07 Å². The van der Waals surface area contributed by atoms with Crippen LogP contribution in [0.2, 0.25) is 29.8 Å². The van der Waals surface area contributed by atoms with E-state index in [1.54, 1.807) is 0 Å². The van der Waals surface area contributed by atoms with Gasteiger partial charge in [-0.1, -0.05) is 0 Å². The molecule has 0 atom stereocenters. The van der Waals surface area contributed by atoms with Gasteiger partial charge in [-0.05, 0) is 0 Å². The van der Waals surface area contributed by atoms with Gasteiger partial charge in [-0.15, -0.1) is 0 Å². The Kier molecular flexibility index (Phi) is 6.06. The Morgan fingerprint density at radius 1 is 1.27 bits per heavy atom. The van der Waals surface area contributed by atoms with Gasteiger partial charge in [0, 0.05) is 18.9 Å². The first-order valence-electron chi connectivity index (χ1n) is 5.35. The van der Waals surface area contributed by atoms with Crippen LogP contribution in [0.25, 0.3) is 0 Å². The van der Waals surface area contributed by atoms with Crippen LogP contribution in [0.1, 0.15) is 6.42 Å². The van der Waals surface area contributed by atoms with E-state index in [1.807, 2.05) is 0 Å². The summed E-state index contributed by atoms with van der Waals surface area (Å²) in [6.07, 6.45) is 9.96. The molecule has 1 aliphatic carbocycles. The van der Waals surface area contributed by atoms with Gasteiger partial charge in [-0.25, -0.2) is 0 Å². The second kappa shape index (κ2) is 5.81. The maximum absolute atomic E-state index is 4.22. The van der Waals surface area contributed by atoms with Gasteiger partial charge in [0.05, 0.1) is 0 Å². The van der Waals surface area contributed by atoms with Crippen LogP contribution in [0.15, 0.2) is 36.5 Å². The van der Waals surface area contributed by atoms with Crippen LogP contribution in [0.5, 0.6) is 0 Å². The minimum absolute atomic E-state index is 0. The first kappa shape index (κ1) is 15.6. The van der Waals surface area contributed by atoms with Gasteiger partial charge < -0.3 is 0 Å². The second-order valence-corrected chi connectivity index (χ2v) is 11.4. The van der Waals surface area contributed by atoms with Crippen LogP contribution >= 0.6 is 0 Å². The molecule has 0 N–H and O–H groups in total. The van der Waals surface area contributed by atoms with Gasteiger partial charge in [-0.2, -0.15) is 0 Å². The molecule has 0 saturated heterocycles. The zero-order chi connectivity index (χ0) is 10.8. The third kappa shape index (κ3) is 6.06. The van der Waals surface area contributed by atoms with Crippen molar-refractivity contribution in [1.82, 2.24) is 0 Å². The summed E-state index contributed by atoms with van der Waals surface area (Å²) in [5.41, 5.74) is 1.42. The molecule has 0 heterocycles. The number of hydrogen-bond donors (Lipinski definition) is 0. The second-order valence-electron chi connectivity index (χ2n) is 5.89. The fourth-order valence-electron chi connectivity index (χ4n) is 2.08. The Labute approximate surface area is 117 Å². The molecule has 0 aromatic heterocycles. The SMILES string of the molecule is [Li].[Li][C]1(CC(=C)C[Si](C)(C)C)C=CC=C1. The molecule has 0 aromatic rings. The van der Waals surface area contributed by atoms with E-state index in [0.29, 0.717) is 0 Å². The van der Waals surface area contributed by atoms with Crippen LogP contribution in [0, 0.1) is 0 Å². The topological polar surface area (TPSA) is 0 Å². The Morgan fingerprint density at radius 2 is 1.73 bits per heavy atom. The maximum atomic E-state index is 4.22. The first-order chi connectivity index (χ1) is 6.31. The van der Waals surface area contributed by atoms with Gasteiger partial charge in [0.15, 0.2) is 0 Å². The predicted molar refractivity (Wildman–Crippen MR) is 74.4 cm³/mol. The van der Waals surface area contributed by atoms with E-state index in [-0.39, 0.29) is 22.9 Å². The van der Waals surface area contributed by atoms with E-state index in [9.17, 15) is 0 Å². The van der Waals surface area contributed by atoms with Gasteiger partial charge >= 0.3 is 98.4 Å². The predicted octanol–water partition coefficient (Wildman–Crippen LogP) is 3.34. The van der Waals surface area contributed by atoms with Crippen molar-refractivity contribution >= 4 is 44.6 Å². The van der Waals surface area contributed by atoms with Gasteiger partial charge in [-0.3, -0.25) is 0 Å². The number of allylic oxidation sites excluding steroid dienone is 5. The summed E-state index contributed by atoms with van der Waals surface area (Å²) in [6, 6.07) is 1.25. The third-order valence-corrected chi connectivity index (χ3v) is 4.04. The summed E-state index contributed by atoms with van der Waals surface area (Å²) >= 11 is 2.28. The quantitative estimate of drug-likeness (QED) is 0.487. The standard InChI is InChI=1S/C12H19Si.2Li/c1-11(10-13(2,3)4)9-12-7-5-6-8-12;;/h5-8H,1,9-10H2,2-4H3;;. The fourth-order valence-corrected chi connectivity index (χ4v) is 3.70. The molecular formula is C12H19Li2Si. The summed E-state index contributed by atoms with van der Waals surface area (Å²) in [5.74, 6) is 0. The van der Waals surface area contributed by atoms with Crippen LogP contribution in [-0.2, 0) is 0 Å². The molecule has 0 aliphatic heterocycles. The Bertz CT molecular complexity index is 272. The summed E-state index contributed by atoms with van der Waals surface area (Å²) in [4.78, 5) is 0. The molecular weight excluding hydrogens is 186 g/mol. The summed E-state index contributed by atoms with van der Waals surface area (Å²) in [6.45, 7) is 11.4. The van der Waals surface area contributed by atoms with Crippen molar-refractivity contribution in [2.24, 2.45) is 0 Å². The average Bonchev–Trinajstić information content (AvgIpc) is 2.30. The zero-order valence-corrected chi connectivity index (χ0v) is 11.9. The molecule has 0 aromatic carbocycles. The average molecular weight is 205 g/mol. The van der Waals surface area contributed by atoms with Crippen LogP contribution in [0.4, 0.5) is 0 Å². The van der Waals surface area contributed by atoms with Gasteiger partial charge in [0.25, 0.3) is 0 Å². The fraction of sp³-hybridized carbons (Fsp3) is 0.500. The van der Waals surface area contributed by atoms with E-state index in [2.05, 4.69) is 68.2 Å².